The molecule has 10 nitrogen and oxygen atoms in total. The molecule has 11 heteroatoms. The number of hydrogen-bond acceptors (Lipinski definition) is 8. The topological polar surface area (TPSA) is 122 Å². The molecule has 2 aromatic heterocycles. The van der Waals surface area contributed by atoms with Crippen molar-refractivity contribution < 1.29 is 14.4 Å². The monoisotopic (exact) mass is 591 g/mol. The zero-order chi connectivity index (χ0) is 28.1. The zero-order valence-corrected chi connectivity index (χ0v) is 23.2. The number of nitro groups is 1. The van der Waals surface area contributed by atoms with E-state index in [-0.39, 0.29) is 23.0 Å². The molecule has 2 aromatic carbocycles. The van der Waals surface area contributed by atoms with E-state index in [2.05, 4.69) is 32.6 Å². The molecule has 0 spiro atoms. The van der Waals surface area contributed by atoms with E-state index < -0.39 is 4.92 Å². The number of hydrogen-bond donors (Lipinski definition) is 0. The molecule has 1 atom stereocenters. The average Bonchev–Trinajstić information content (AvgIpc) is 2.93. The molecule has 0 bridgehead atoms. The molecule has 0 aliphatic heterocycles. The molecule has 0 radical (unpaired) electrons. The summed E-state index contributed by atoms with van der Waals surface area (Å²) in [4.78, 5) is 32.6. The lowest BCUT2D eigenvalue weighted by molar-refractivity contribution is -0.385. The van der Waals surface area contributed by atoms with Gasteiger partial charge in [-0.05, 0) is 48.7 Å². The van der Waals surface area contributed by atoms with Crippen LogP contribution in [0, 0.1) is 10.1 Å². The lowest BCUT2D eigenvalue weighted by atomic mass is 10.1. The van der Waals surface area contributed by atoms with Crippen LogP contribution in [-0.4, -0.2) is 32.9 Å². The number of pyridine rings is 1. The van der Waals surface area contributed by atoms with Crippen LogP contribution in [0.1, 0.15) is 43.1 Å². The maximum absolute atomic E-state index is 13.4. The van der Waals surface area contributed by atoms with Gasteiger partial charge in [-0.1, -0.05) is 35.9 Å². The molecule has 0 saturated carbocycles. The number of ether oxygens (including phenoxy) is 2. The summed E-state index contributed by atoms with van der Waals surface area (Å²) in [7, 11) is 1.50. The van der Waals surface area contributed by atoms with E-state index in [0.29, 0.717) is 40.2 Å². The van der Waals surface area contributed by atoms with Crippen molar-refractivity contribution >= 4 is 38.7 Å². The zero-order valence-electron chi connectivity index (χ0n) is 21.6. The van der Waals surface area contributed by atoms with E-state index in [9.17, 15) is 14.9 Å². The van der Waals surface area contributed by atoms with Gasteiger partial charge in [0.05, 0.1) is 29.2 Å². The molecule has 0 N–H and O–H groups in total. The SMILES string of the molecule is C=CCc1cc(C=Nn2c([C@@H](C)CC)nc3ccc(Br)cc3c2=O)cc(OC)c1Oc1ccc([N+](=O)[O-])cn1. The largest absolute Gasteiger partial charge is 0.493 e. The van der Waals surface area contributed by atoms with Crippen molar-refractivity contribution in [3.05, 3.63) is 103 Å². The second-order valence-corrected chi connectivity index (χ2v) is 9.64. The normalized spacial score (nSPS) is 12.0. The van der Waals surface area contributed by atoms with Gasteiger partial charge in [0.15, 0.2) is 11.5 Å². The summed E-state index contributed by atoms with van der Waals surface area (Å²) in [5.41, 5.74) is 1.58. The van der Waals surface area contributed by atoms with Crippen LogP contribution in [-0.2, 0) is 6.42 Å². The summed E-state index contributed by atoms with van der Waals surface area (Å²) in [5, 5.41) is 15.9. The van der Waals surface area contributed by atoms with Crippen LogP contribution in [0.4, 0.5) is 5.69 Å². The smallest absolute Gasteiger partial charge is 0.287 e. The second kappa shape index (κ2) is 12.0. The quantitative estimate of drug-likeness (QED) is 0.0906. The van der Waals surface area contributed by atoms with Crippen molar-refractivity contribution in [2.75, 3.05) is 7.11 Å². The van der Waals surface area contributed by atoms with Crippen LogP contribution in [0.15, 0.2) is 75.7 Å². The highest BCUT2D eigenvalue weighted by atomic mass is 79.9. The Hall–Kier alpha value is -4.38. The second-order valence-electron chi connectivity index (χ2n) is 8.72. The van der Waals surface area contributed by atoms with Gasteiger partial charge in [-0.15, -0.1) is 6.58 Å². The lowest BCUT2D eigenvalue weighted by Gasteiger charge is -2.15. The first kappa shape index (κ1) is 27.6. The average molecular weight is 592 g/mol. The Morgan fingerprint density at radius 3 is 2.69 bits per heavy atom. The number of allylic oxidation sites excluding steroid dienone is 1. The van der Waals surface area contributed by atoms with Gasteiger partial charge in [0, 0.05) is 28.1 Å². The Balaban J connectivity index is 1.78. The predicted molar refractivity (Wildman–Crippen MR) is 153 cm³/mol. The highest BCUT2D eigenvalue weighted by Gasteiger charge is 2.17. The molecule has 2 heterocycles. The van der Waals surface area contributed by atoms with E-state index >= 15 is 0 Å². The van der Waals surface area contributed by atoms with Crippen molar-refractivity contribution in [1.29, 1.82) is 0 Å². The molecule has 0 amide bonds. The third-order valence-corrected chi connectivity index (χ3v) is 6.58. The van der Waals surface area contributed by atoms with Crippen LogP contribution < -0.4 is 15.0 Å². The standard InChI is InChI=1S/C28H26BrN5O5/c1-5-7-19-12-18(13-24(38-4)26(19)39-25-11-9-21(16-30-25)34(36)37)15-31-33-27(17(3)6-2)32-23-10-8-20(29)14-22(23)28(33)35/h5,8-17H,1,6-7H2,2-4H3/t17-/m0/s1. The van der Waals surface area contributed by atoms with Crippen LogP contribution in [0.2, 0.25) is 0 Å². The highest BCUT2D eigenvalue weighted by Crippen LogP contribution is 2.36. The summed E-state index contributed by atoms with van der Waals surface area (Å²) < 4.78 is 13.7. The molecular weight excluding hydrogens is 566 g/mol. The van der Waals surface area contributed by atoms with Crippen molar-refractivity contribution in [2.45, 2.75) is 32.6 Å². The molecule has 4 aromatic rings. The first-order chi connectivity index (χ1) is 18.7. The van der Waals surface area contributed by atoms with E-state index in [1.54, 1.807) is 24.4 Å². The minimum atomic E-state index is -0.531. The maximum Gasteiger partial charge on any atom is 0.287 e. The van der Waals surface area contributed by atoms with Gasteiger partial charge in [-0.3, -0.25) is 14.9 Å². The van der Waals surface area contributed by atoms with Gasteiger partial charge < -0.3 is 9.47 Å². The molecule has 0 aliphatic carbocycles. The van der Waals surface area contributed by atoms with E-state index in [0.717, 1.165) is 22.7 Å². The summed E-state index contributed by atoms with van der Waals surface area (Å²) >= 11 is 3.42. The molecule has 0 saturated heterocycles. The number of rotatable bonds is 10. The van der Waals surface area contributed by atoms with E-state index in [1.807, 2.05) is 32.0 Å². The van der Waals surface area contributed by atoms with E-state index in [1.165, 1.54) is 23.9 Å². The van der Waals surface area contributed by atoms with Gasteiger partial charge in [-0.25, -0.2) is 9.97 Å². The van der Waals surface area contributed by atoms with Crippen LogP contribution in [0.3, 0.4) is 0 Å². The summed E-state index contributed by atoms with van der Waals surface area (Å²) in [6, 6.07) is 11.7. The molecule has 4 rings (SSSR count). The number of halogens is 1. The first-order valence-corrected chi connectivity index (χ1v) is 12.9. The Kier molecular flexibility index (Phi) is 8.50. The Bertz CT molecular complexity index is 1630. The summed E-state index contributed by atoms with van der Waals surface area (Å²) in [6.45, 7) is 7.86. The van der Waals surface area contributed by atoms with Crippen LogP contribution in [0.25, 0.3) is 10.9 Å². The van der Waals surface area contributed by atoms with Crippen LogP contribution in [0.5, 0.6) is 17.4 Å². The number of methoxy groups -OCH3 is 1. The number of aromatic nitrogens is 3. The number of fused-ring (bicyclic) bond motifs is 1. The number of nitrogens with zero attached hydrogens (tertiary/aromatic N) is 5. The van der Waals surface area contributed by atoms with Gasteiger partial charge in [0.25, 0.3) is 11.2 Å². The molecule has 0 aliphatic rings. The minimum absolute atomic E-state index is 0.00117. The molecule has 0 fully saturated rings. The fraction of sp³-hybridized carbons (Fsp3) is 0.214. The van der Waals surface area contributed by atoms with Gasteiger partial charge in [-0.2, -0.15) is 9.78 Å². The predicted octanol–water partition coefficient (Wildman–Crippen LogP) is 6.39. The fourth-order valence-corrected chi connectivity index (χ4v) is 4.24. The van der Waals surface area contributed by atoms with Gasteiger partial charge in [0.2, 0.25) is 5.88 Å². The van der Waals surface area contributed by atoms with Crippen molar-refractivity contribution in [3.63, 3.8) is 0 Å². The minimum Gasteiger partial charge on any atom is -0.493 e. The summed E-state index contributed by atoms with van der Waals surface area (Å²) in [5.74, 6) is 1.52. The molecule has 200 valence electrons. The van der Waals surface area contributed by atoms with Crippen LogP contribution >= 0.6 is 15.9 Å². The van der Waals surface area contributed by atoms with Crippen molar-refractivity contribution in [1.82, 2.24) is 14.6 Å². The van der Waals surface area contributed by atoms with Gasteiger partial charge in [0.1, 0.15) is 12.0 Å². The Labute approximate surface area is 232 Å². The molecule has 39 heavy (non-hydrogen) atoms. The van der Waals surface area contributed by atoms with E-state index in [4.69, 9.17) is 14.5 Å². The highest BCUT2D eigenvalue weighted by molar-refractivity contribution is 9.10. The number of benzene rings is 2. The maximum atomic E-state index is 13.4. The first-order valence-electron chi connectivity index (χ1n) is 12.1. The Morgan fingerprint density at radius 1 is 1.26 bits per heavy atom. The fourth-order valence-electron chi connectivity index (χ4n) is 3.88. The lowest BCUT2D eigenvalue weighted by Crippen LogP contribution is -2.23. The van der Waals surface area contributed by atoms with Crippen molar-refractivity contribution in [2.24, 2.45) is 5.10 Å². The molecule has 0 unspecified atom stereocenters. The van der Waals surface area contributed by atoms with Crippen molar-refractivity contribution in [3.8, 4) is 17.4 Å². The third kappa shape index (κ3) is 6.04. The third-order valence-electron chi connectivity index (χ3n) is 6.09. The van der Waals surface area contributed by atoms with Gasteiger partial charge >= 0.3 is 0 Å². The Morgan fingerprint density at radius 2 is 2.05 bits per heavy atom. The molecular formula is C28H26BrN5O5. The summed E-state index contributed by atoms with van der Waals surface area (Å²) in [6.07, 6.45) is 5.62.